The maximum Gasteiger partial charge on any atom is 0.168 e. The minimum atomic E-state index is 0.183. The second-order valence-corrected chi connectivity index (χ2v) is 5.51. The molecule has 3 rings (SSSR count). The second-order valence-electron chi connectivity index (χ2n) is 4.70. The van der Waals surface area contributed by atoms with Gasteiger partial charge in [-0.05, 0) is 18.2 Å². The number of benzene rings is 2. The van der Waals surface area contributed by atoms with Crippen molar-refractivity contribution in [2.45, 2.75) is 6.10 Å². The minimum absolute atomic E-state index is 0.183. The van der Waals surface area contributed by atoms with Gasteiger partial charge in [0.25, 0.3) is 0 Å². The number of hydrogen-bond acceptors (Lipinski definition) is 3. The van der Waals surface area contributed by atoms with E-state index in [0.717, 1.165) is 17.7 Å². The van der Waals surface area contributed by atoms with Crippen LogP contribution in [0.3, 0.4) is 0 Å². The van der Waals surface area contributed by atoms with Crippen LogP contribution in [0.1, 0.15) is 0 Å². The Morgan fingerprint density at radius 1 is 1.14 bits per heavy atom. The molecule has 1 aliphatic heterocycles. The lowest BCUT2D eigenvalue weighted by atomic mass is 10.0. The Morgan fingerprint density at radius 3 is 2.43 bits per heavy atom. The highest BCUT2D eigenvalue weighted by Gasteiger charge is 2.24. The zero-order chi connectivity index (χ0) is 14.8. The number of halogens is 2. The smallest absolute Gasteiger partial charge is 0.168 e. The van der Waals surface area contributed by atoms with E-state index < -0.39 is 0 Å². The SMILES string of the molecule is COc1c(OCC2CO2)cccc1-c1c(Cl)cccc1Cl. The van der Waals surface area contributed by atoms with Gasteiger partial charge < -0.3 is 14.2 Å². The van der Waals surface area contributed by atoms with Crippen molar-refractivity contribution in [1.82, 2.24) is 0 Å². The second kappa shape index (κ2) is 6.14. The Kier molecular flexibility index (Phi) is 4.24. The van der Waals surface area contributed by atoms with Gasteiger partial charge in [0.05, 0.1) is 23.8 Å². The maximum absolute atomic E-state index is 6.28. The summed E-state index contributed by atoms with van der Waals surface area (Å²) in [6, 6.07) is 11.1. The fourth-order valence-electron chi connectivity index (χ4n) is 2.14. The summed E-state index contributed by atoms with van der Waals surface area (Å²) >= 11 is 12.6. The van der Waals surface area contributed by atoms with E-state index in [-0.39, 0.29) is 6.10 Å². The summed E-state index contributed by atoms with van der Waals surface area (Å²) in [5.74, 6) is 1.27. The molecule has 1 atom stereocenters. The van der Waals surface area contributed by atoms with Gasteiger partial charge in [0.15, 0.2) is 11.5 Å². The summed E-state index contributed by atoms with van der Waals surface area (Å²) in [5.41, 5.74) is 1.55. The highest BCUT2D eigenvalue weighted by Crippen LogP contribution is 2.43. The number of ether oxygens (including phenoxy) is 3. The van der Waals surface area contributed by atoms with Crippen molar-refractivity contribution in [2.24, 2.45) is 0 Å². The van der Waals surface area contributed by atoms with Crippen LogP contribution in [-0.2, 0) is 4.74 Å². The number of epoxide rings is 1. The lowest BCUT2D eigenvalue weighted by Crippen LogP contribution is -2.05. The zero-order valence-electron chi connectivity index (χ0n) is 11.4. The van der Waals surface area contributed by atoms with Crippen LogP contribution in [0.5, 0.6) is 11.5 Å². The summed E-state index contributed by atoms with van der Waals surface area (Å²) in [5, 5.41) is 1.15. The van der Waals surface area contributed by atoms with Crippen LogP contribution >= 0.6 is 23.2 Å². The van der Waals surface area contributed by atoms with Crippen molar-refractivity contribution < 1.29 is 14.2 Å². The van der Waals surface area contributed by atoms with Crippen LogP contribution in [-0.4, -0.2) is 26.4 Å². The molecule has 0 radical (unpaired) electrons. The van der Waals surface area contributed by atoms with Crippen LogP contribution < -0.4 is 9.47 Å². The van der Waals surface area contributed by atoms with Crippen LogP contribution in [0, 0.1) is 0 Å². The molecule has 1 unspecified atom stereocenters. The lowest BCUT2D eigenvalue weighted by molar-refractivity contribution is 0.252. The van der Waals surface area contributed by atoms with Crippen LogP contribution in [0.15, 0.2) is 36.4 Å². The van der Waals surface area contributed by atoms with E-state index >= 15 is 0 Å². The third-order valence-electron chi connectivity index (χ3n) is 3.24. The van der Waals surface area contributed by atoms with Crippen LogP contribution in [0.2, 0.25) is 10.0 Å². The first-order chi connectivity index (χ1) is 10.2. The standard InChI is InChI=1S/C16H14Cl2O3/c1-19-16-11(15-12(17)5-3-6-13(15)18)4-2-7-14(16)21-9-10-8-20-10/h2-7,10H,8-9H2,1H3. The van der Waals surface area contributed by atoms with Crippen molar-refractivity contribution in [1.29, 1.82) is 0 Å². The molecule has 1 heterocycles. The Hall–Kier alpha value is -1.42. The highest BCUT2D eigenvalue weighted by atomic mass is 35.5. The molecule has 0 bridgehead atoms. The molecule has 110 valence electrons. The lowest BCUT2D eigenvalue weighted by Gasteiger charge is -2.15. The fourth-order valence-corrected chi connectivity index (χ4v) is 2.74. The largest absolute Gasteiger partial charge is 0.492 e. The maximum atomic E-state index is 6.28. The molecule has 0 amide bonds. The summed E-state index contributed by atoms with van der Waals surface area (Å²) in [6.07, 6.45) is 0.183. The van der Waals surface area contributed by atoms with E-state index in [1.165, 1.54) is 0 Å². The quantitative estimate of drug-likeness (QED) is 0.761. The molecule has 1 saturated heterocycles. The van der Waals surface area contributed by atoms with Gasteiger partial charge in [-0.3, -0.25) is 0 Å². The molecular weight excluding hydrogens is 311 g/mol. The molecule has 2 aromatic carbocycles. The Morgan fingerprint density at radius 2 is 1.81 bits per heavy atom. The van der Waals surface area contributed by atoms with Gasteiger partial charge >= 0.3 is 0 Å². The van der Waals surface area contributed by atoms with Crippen molar-refractivity contribution in [3.05, 3.63) is 46.4 Å². The van der Waals surface area contributed by atoms with Gasteiger partial charge in [-0.25, -0.2) is 0 Å². The van der Waals surface area contributed by atoms with E-state index in [2.05, 4.69) is 0 Å². The van der Waals surface area contributed by atoms with Gasteiger partial charge in [0.1, 0.15) is 12.7 Å². The van der Waals surface area contributed by atoms with Gasteiger partial charge in [-0.1, -0.05) is 41.4 Å². The first-order valence-electron chi connectivity index (χ1n) is 6.56. The minimum Gasteiger partial charge on any atom is -0.492 e. The van der Waals surface area contributed by atoms with Crippen LogP contribution in [0.4, 0.5) is 0 Å². The highest BCUT2D eigenvalue weighted by molar-refractivity contribution is 6.39. The van der Waals surface area contributed by atoms with Crippen molar-refractivity contribution >= 4 is 23.2 Å². The number of methoxy groups -OCH3 is 1. The number of hydrogen-bond donors (Lipinski definition) is 0. The predicted octanol–water partition coefficient (Wildman–Crippen LogP) is 4.45. The molecular formula is C16H14Cl2O3. The topological polar surface area (TPSA) is 31.0 Å². The first-order valence-corrected chi connectivity index (χ1v) is 7.32. The Bertz CT molecular complexity index is 634. The molecule has 1 fully saturated rings. The first kappa shape index (κ1) is 14.5. The van der Waals surface area contributed by atoms with Gasteiger partial charge in [-0.15, -0.1) is 0 Å². The molecule has 0 aromatic heterocycles. The van der Waals surface area contributed by atoms with E-state index in [1.807, 2.05) is 24.3 Å². The summed E-state index contributed by atoms with van der Waals surface area (Å²) in [6.45, 7) is 1.26. The van der Waals surface area contributed by atoms with Crippen molar-refractivity contribution in [2.75, 3.05) is 20.3 Å². The third kappa shape index (κ3) is 3.10. The molecule has 1 aliphatic rings. The molecule has 0 saturated carbocycles. The monoisotopic (exact) mass is 324 g/mol. The van der Waals surface area contributed by atoms with Crippen molar-refractivity contribution in [3.8, 4) is 22.6 Å². The number of rotatable bonds is 5. The van der Waals surface area contributed by atoms with Gasteiger partial charge in [-0.2, -0.15) is 0 Å². The van der Waals surface area contributed by atoms with Crippen molar-refractivity contribution in [3.63, 3.8) is 0 Å². The molecule has 21 heavy (non-hydrogen) atoms. The Balaban J connectivity index is 2.02. The van der Waals surface area contributed by atoms with E-state index in [1.54, 1.807) is 19.2 Å². The zero-order valence-corrected chi connectivity index (χ0v) is 12.9. The average Bonchev–Trinajstić information content (AvgIpc) is 3.29. The summed E-state index contributed by atoms with van der Waals surface area (Å²) in [4.78, 5) is 0. The van der Waals surface area contributed by atoms with Crippen LogP contribution in [0.25, 0.3) is 11.1 Å². The molecule has 2 aromatic rings. The third-order valence-corrected chi connectivity index (χ3v) is 3.87. The van der Waals surface area contributed by atoms with Gasteiger partial charge in [0, 0.05) is 11.1 Å². The van der Waals surface area contributed by atoms with E-state index in [4.69, 9.17) is 37.4 Å². The molecule has 0 aliphatic carbocycles. The number of para-hydroxylation sites is 1. The van der Waals surface area contributed by atoms with E-state index in [0.29, 0.717) is 28.2 Å². The molecule has 5 heteroatoms. The molecule has 3 nitrogen and oxygen atoms in total. The Labute approximate surface area is 133 Å². The van der Waals surface area contributed by atoms with Gasteiger partial charge in [0.2, 0.25) is 0 Å². The molecule has 0 N–H and O–H groups in total. The summed E-state index contributed by atoms with van der Waals surface area (Å²) in [7, 11) is 1.60. The van der Waals surface area contributed by atoms with E-state index in [9.17, 15) is 0 Å². The molecule has 0 spiro atoms. The predicted molar refractivity (Wildman–Crippen MR) is 83.7 cm³/mol. The summed E-state index contributed by atoms with van der Waals surface area (Å²) < 4.78 is 16.4. The fraction of sp³-hybridized carbons (Fsp3) is 0.250. The normalized spacial score (nSPS) is 16.6. The average molecular weight is 325 g/mol.